The van der Waals surface area contributed by atoms with Gasteiger partial charge in [-0.1, -0.05) is 41.9 Å². The monoisotopic (exact) mass is 410 g/mol. The molecular weight excluding hydrogens is 388 g/mol. The summed E-state index contributed by atoms with van der Waals surface area (Å²) < 4.78 is 11.3. The Morgan fingerprint density at radius 1 is 1.03 bits per heavy atom. The molecule has 5 nitrogen and oxygen atoms in total. The van der Waals surface area contributed by atoms with Gasteiger partial charge >= 0.3 is 0 Å². The van der Waals surface area contributed by atoms with Crippen molar-refractivity contribution in [1.82, 2.24) is 4.90 Å². The van der Waals surface area contributed by atoms with Crippen LogP contribution in [-0.2, 0) is 11.3 Å². The summed E-state index contributed by atoms with van der Waals surface area (Å²) in [5.74, 6) is 0.715. The molecule has 1 aliphatic rings. The number of carbonyl (C=O) groups excluding carboxylic acids is 1. The van der Waals surface area contributed by atoms with Crippen molar-refractivity contribution in [2.75, 3.05) is 38.3 Å². The number of amides is 1. The Morgan fingerprint density at radius 3 is 2.55 bits per heavy atom. The molecule has 1 amide bonds. The van der Waals surface area contributed by atoms with Gasteiger partial charge in [0.25, 0.3) is 5.91 Å². The summed E-state index contributed by atoms with van der Waals surface area (Å²) >= 11 is 6.24. The van der Waals surface area contributed by atoms with Crippen LogP contribution in [0.4, 0.5) is 5.69 Å². The Balaban J connectivity index is 1.50. The number of nitrogens with zero attached hydrogens (tertiary/aromatic N) is 2. The summed E-state index contributed by atoms with van der Waals surface area (Å²) in [5, 5.41) is 0.591. The maximum absolute atomic E-state index is 12.9. The van der Waals surface area contributed by atoms with Crippen LogP contribution in [0.15, 0.2) is 65.1 Å². The summed E-state index contributed by atoms with van der Waals surface area (Å²) in [6.07, 6.45) is 0. The molecule has 4 rings (SSSR count). The van der Waals surface area contributed by atoms with Crippen LogP contribution in [-0.4, -0.2) is 44.2 Å². The summed E-state index contributed by atoms with van der Waals surface area (Å²) in [7, 11) is 1.79. The van der Waals surface area contributed by atoms with E-state index in [2.05, 4.69) is 17.0 Å². The van der Waals surface area contributed by atoms with Gasteiger partial charge in [-0.2, -0.15) is 0 Å². The minimum atomic E-state index is -0.167. The molecule has 0 unspecified atom stereocenters. The smallest absolute Gasteiger partial charge is 0.289 e. The number of ether oxygens (including phenoxy) is 1. The third kappa shape index (κ3) is 4.31. The second-order valence-corrected chi connectivity index (χ2v) is 7.44. The van der Waals surface area contributed by atoms with Crippen LogP contribution >= 0.6 is 11.6 Å². The molecule has 150 valence electrons. The lowest BCUT2D eigenvalue weighted by molar-refractivity contribution is 0.0754. The Morgan fingerprint density at radius 2 is 1.76 bits per heavy atom. The number of carbonyl (C=O) groups is 1. The standard InChI is InChI=1S/C23H23ClN2O3/c1-25(16-17-6-2-5-9-20(17)26-12-14-28-15-13-26)23(27)22-11-10-21(29-22)18-7-3-4-8-19(18)24/h2-11H,12-16H2,1H3. The topological polar surface area (TPSA) is 45.9 Å². The first-order chi connectivity index (χ1) is 14.1. The Labute approximate surface area is 175 Å². The Hall–Kier alpha value is -2.76. The molecule has 3 aromatic rings. The van der Waals surface area contributed by atoms with Crippen molar-refractivity contribution in [2.45, 2.75) is 6.54 Å². The summed E-state index contributed by atoms with van der Waals surface area (Å²) in [4.78, 5) is 16.9. The number of anilines is 1. The van der Waals surface area contributed by atoms with E-state index < -0.39 is 0 Å². The predicted octanol–water partition coefficient (Wildman–Crippen LogP) is 4.71. The molecule has 1 saturated heterocycles. The van der Waals surface area contributed by atoms with Crippen molar-refractivity contribution in [3.8, 4) is 11.3 Å². The molecule has 0 bridgehead atoms. The SMILES string of the molecule is CN(Cc1ccccc1N1CCOCC1)C(=O)c1ccc(-c2ccccc2Cl)o1. The van der Waals surface area contributed by atoms with Gasteiger partial charge in [0.15, 0.2) is 5.76 Å². The highest BCUT2D eigenvalue weighted by Gasteiger charge is 2.20. The fourth-order valence-corrected chi connectivity index (χ4v) is 3.76. The molecule has 2 heterocycles. The van der Waals surface area contributed by atoms with Crippen LogP contribution in [0.5, 0.6) is 0 Å². The number of hydrogen-bond donors (Lipinski definition) is 0. The molecule has 29 heavy (non-hydrogen) atoms. The number of benzene rings is 2. The lowest BCUT2D eigenvalue weighted by Crippen LogP contribution is -2.37. The van der Waals surface area contributed by atoms with Crippen LogP contribution in [0, 0.1) is 0 Å². The largest absolute Gasteiger partial charge is 0.451 e. The minimum absolute atomic E-state index is 0.167. The van der Waals surface area contributed by atoms with E-state index in [4.69, 9.17) is 20.8 Å². The number of hydrogen-bond acceptors (Lipinski definition) is 4. The molecule has 6 heteroatoms. The van der Waals surface area contributed by atoms with E-state index in [1.165, 1.54) is 0 Å². The first kappa shape index (κ1) is 19.6. The third-order valence-corrected chi connectivity index (χ3v) is 5.38. The molecule has 0 spiro atoms. The molecule has 2 aromatic carbocycles. The highest BCUT2D eigenvalue weighted by Crippen LogP contribution is 2.30. The zero-order valence-electron chi connectivity index (χ0n) is 16.3. The van der Waals surface area contributed by atoms with Gasteiger partial charge in [-0.25, -0.2) is 0 Å². The summed E-state index contributed by atoms with van der Waals surface area (Å²) in [5.41, 5.74) is 3.02. The number of rotatable bonds is 5. The second-order valence-electron chi connectivity index (χ2n) is 7.03. The quantitative estimate of drug-likeness (QED) is 0.611. The first-order valence-corrected chi connectivity index (χ1v) is 10.0. The third-order valence-electron chi connectivity index (χ3n) is 5.05. The van der Waals surface area contributed by atoms with E-state index in [0.29, 0.717) is 23.1 Å². The molecule has 0 N–H and O–H groups in total. The zero-order chi connectivity index (χ0) is 20.2. The summed E-state index contributed by atoms with van der Waals surface area (Å²) in [6.45, 7) is 3.65. The number of morpholine rings is 1. The molecule has 1 fully saturated rings. The van der Waals surface area contributed by atoms with Crippen molar-refractivity contribution < 1.29 is 13.9 Å². The average Bonchev–Trinajstić information content (AvgIpc) is 3.24. The first-order valence-electron chi connectivity index (χ1n) is 9.64. The normalized spacial score (nSPS) is 14.1. The maximum Gasteiger partial charge on any atom is 0.289 e. The van der Waals surface area contributed by atoms with Crippen LogP contribution in [0.3, 0.4) is 0 Å². The summed E-state index contributed by atoms with van der Waals surface area (Å²) in [6, 6.07) is 19.1. The lowest BCUT2D eigenvalue weighted by atomic mass is 10.1. The van der Waals surface area contributed by atoms with Crippen LogP contribution in [0.1, 0.15) is 16.1 Å². The number of para-hydroxylation sites is 1. The molecule has 0 atom stereocenters. The van der Waals surface area contributed by atoms with Crippen LogP contribution < -0.4 is 4.90 Å². The number of furan rings is 1. The van der Waals surface area contributed by atoms with Gasteiger partial charge in [0.1, 0.15) is 5.76 Å². The van der Waals surface area contributed by atoms with E-state index in [1.54, 1.807) is 30.1 Å². The van der Waals surface area contributed by atoms with Crippen molar-refractivity contribution >= 4 is 23.2 Å². The van der Waals surface area contributed by atoms with Crippen molar-refractivity contribution in [1.29, 1.82) is 0 Å². The molecule has 0 saturated carbocycles. The van der Waals surface area contributed by atoms with Gasteiger partial charge in [-0.05, 0) is 35.9 Å². The Bertz CT molecular complexity index is 995. The van der Waals surface area contributed by atoms with E-state index in [9.17, 15) is 4.79 Å². The Kier molecular flexibility index (Phi) is 5.88. The highest BCUT2D eigenvalue weighted by molar-refractivity contribution is 6.33. The van der Waals surface area contributed by atoms with Crippen LogP contribution in [0.2, 0.25) is 5.02 Å². The van der Waals surface area contributed by atoms with Crippen molar-refractivity contribution in [3.63, 3.8) is 0 Å². The van der Waals surface area contributed by atoms with Gasteiger partial charge in [0, 0.05) is 37.9 Å². The molecule has 1 aromatic heterocycles. The van der Waals surface area contributed by atoms with Gasteiger partial charge in [0.05, 0.1) is 18.2 Å². The minimum Gasteiger partial charge on any atom is -0.451 e. The maximum atomic E-state index is 12.9. The van der Waals surface area contributed by atoms with Crippen LogP contribution in [0.25, 0.3) is 11.3 Å². The van der Waals surface area contributed by atoms with Gasteiger partial charge < -0.3 is 19.0 Å². The van der Waals surface area contributed by atoms with E-state index in [1.807, 2.05) is 30.3 Å². The molecular formula is C23H23ClN2O3. The molecule has 1 aliphatic heterocycles. The second kappa shape index (κ2) is 8.72. The average molecular weight is 411 g/mol. The molecule has 0 radical (unpaired) electrons. The van der Waals surface area contributed by atoms with E-state index in [-0.39, 0.29) is 5.91 Å². The highest BCUT2D eigenvalue weighted by atomic mass is 35.5. The number of halogens is 1. The van der Waals surface area contributed by atoms with Gasteiger partial charge in [-0.3, -0.25) is 4.79 Å². The zero-order valence-corrected chi connectivity index (χ0v) is 17.1. The fraction of sp³-hybridized carbons (Fsp3) is 0.261. The van der Waals surface area contributed by atoms with Crippen molar-refractivity contribution in [3.05, 3.63) is 77.0 Å². The van der Waals surface area contributed by atoms with Crippen molar-refractivity contribution in [2.24, 2.45) is 0 Å². The fourth-order valence-electron chi connectivity index (χ4n) is 3.53. The van der Waals surface area contributed by atoms with E-state index >= 15 is 0 Å². The van der Waals surface area contributed by atoms with Gasteiger partial charge in [-0.15, -0.1) is 0 Å². The van der Waals surface area contributed by atoms with E-state index in [0.717, 1.165) is 43.1 Å². The lowest BCUT2D eigenvalue weighted by Gasteiger charge is -2.31. The predicted molar refractivity (Wildman–Crippen MR) is 114 cm³/mol. The molecule has 0 aliphatic carbocycles. The van der Waals surface area contributed by atoms with Gasteiger partial charge in [0.2, 0.25) is 0 Å².